The maximum Gasteiger partial charge on any atom is 0.460 e. The molecular weight excluding hydrogens is 443 g/mol. The van der Waals surface area contributed by atoms with E-state index >= 15 is 0 Å². The average Bonchev–Trinajstić information content (AvgIpc) is 2.44. The molecule has 0 aliphatic heterocycles. The summed E-state index contributed by atoms with van der Waals surface area (Å²) in [6, 6.07) is 0. The van der Waals surface area contributed by atoms with E-state index in [9.17, 15) is 74.6 Å². The van der Waals surface area contributed by atoms with Crippen LogP contribution < -0.4 is 0 Å². The molecule has 0 aliphatic rings. The van der Waals surface area contributed by atoms with E-state index in [1.165, 1.54) is 0 Å². The standard InChI is InChI=1S/C10H4F17/c1-2-3(11,12)4(13,14)5(15,16)6(17,18)7(19,20)8(21,22)9(23,24)10(25,26)27/h1-2H2. The number of halogens is 17. The molecule has 0 aromatic rings. The smallest absolute Gasteiger partial charge is 0.200 e. The highest BCUT2D eigenvalue weighted by Gasteiger charge is 2.95. The van der Waals surface area contributed by atoms with Crippen molar-refractivity contribution in [2.24, 2.45) is 0 Å². The fraction of sp³-hybridized carbons (Fsp3) is 0.900. The minimum atomic E-state index is -8.58. The average molecular weight is 447 g/mol. The van der Waals surface area contributed by atoms with Crippen LogP contribution in [0.1, 0.15) is 6.42 Å². The van der Waals surface area contributed by atoms with Crippen LogP contribution in [0.3, 0.4) is 0 Å². The van der Waals surface area contributed by atoms with Gasteiger partial charge in [0.15, 0.2) is 0 Å². The highest BCUT2D eigenvalue weighted by molar-refractivity contribution is 5.15. The van der Waals surface area contributed by atoms with Gasteiger partial charge in [0.2, 0.25) is 0 Å². The fourth-order valence-corrected chi connectivity index (χ4v) is 1.35. The van der Waals surface area contributed by atoms with Gasteiger partial charge in [-0.05, 0) is 6.92 Å². The summed E-state index contributed by atoms with van der Waals surface area (Å²) in [5.41, 5.74) is 0. The Morgan fingerprint density at radius 3 is 0.815 bits per heavy atom. The van der Waals surface area contributed by atoms with Gasteiger partial charge in [0.25, 0.3) is 0 Å². The van der Waals surface area contributed by atoms with Gasteiger partial charge in [0.1, 0.15) is 0 Å². The summed E-state index contributed by atoms with van der Waals surface area (Å²) in [5, 5.41) is 0. The fourth-order valence-electron chi connectivity index (χ4n) is 1.35. The van der Waals surface area contributed by atoms with E-state index in [0.29, 0.717) is 0 Å². The molecule has 0 bridgehead atoms. The van der Waals surface area contributed by atoms with E-state index in [4.69, 9.17) is 0 Å². The molecule has 0 saturated carbocycles. The zero-order chi connectivity index (χ0) is 22.7. The molecule has 27 heavy (non-hydrogen) atoms. The Balaban J connectivity index is 6.65. The molecule has 163 valence electrons. The molecule has 0 atom stereocenters. The van der Waals surface area contributed by atoms with Gasteiger partial charge < -0.3 is 0 Å². The van der Waals surface area contributed by atoms with Gasteiger partial charge in [-0.25, -0.2) is 0 Å². The Labute approximate surface area is 137 Å². The van der Waals surface area contributed by atoms with Crippen LogP contribution in [0.2, 0.25) is 0 Å². The first-order valence-electron chi connectivity index (χ1n) is 5.82. The second-order valence-electron chi connectivity index (χ2n) is 4.90. The number of hydrogen-bond acceptors (Lipinski definition) is 0. The molecule has 0 fully saturated rings. The Morgan fingerprint density at radius 1 is 0.370 bits per heavy atom. The summed E-state index contributed by atoms with van der Waals surface area (Å²) >= 11 is 0. The zero-order valence-electron chi connectivity index (χ0n) is 11.8. The van der Waals surface area contributed by atoms with Crippen molar-refractivity contribution in [2.75, 3.05) is 0 Å². The second kappa shape index (κ2) is 6.15. The van der Waals surface area contributed by atoms with Gasteiger partial charge in [-0.3, -0.25) is 0 Å². The number of hydrogen-bond donors (Lipinski definition) is 0. The third-order valence-electron chi connectivity index (χ3n) is 3.10. The van der Waals surface area contributed by atoms with E-state index in [-0.39, 0.29) is 0 Å². The summed E-state index contributed by atoms with van der Waals surface area (Å²) in [6.45, 7) is 1.89. The molecular formula is C10H4F17. The highest BCUT2D eigenvalue weighted by atomic mass is 19.4. The van der Waals surface area contributed by atoms with Crippen molar-refractivity contribution in [3.63, 3.8) is 0 Å². The van der Waals surface area contributed by atoms with Crippen molar-refractivity contribution < 1.29 is 74.6 Å². The molecule has 1 radical (unpaired) electrons. The first-order chi connectivity index (χ1) is 11.3. The molecule has 0 nitrogen and oxygen atoms in total. The van der Waals surface area contributed by atoms with Gasteiger partial charge >= 0.3 is 47.6 Å². The molecule has 0 rings (SSSR count). The van der Waals surface area contributed by atoms with E-state index in [0.717, 1.165) is 0 Å². The van der Waals surface area contributed by atoms with E-state index in [1.54, 1.807) is 0 Å². The quantitative estimate of drug-likeness (QED) is 0.407. The number of rotatable bonds is 7. The molecule has 17 heteroatoms. The Morgan fingerprint density at radius 2 is 0.593 bits per heavy atom. The van der Waals surface area contributed by atoms with Crippen molar-refractivity contribution in [1.82, 2.24) is 0 Å². The molecule has 0 unspecified atom stereocenters. The van der Waals surface area contributed by atoms with Gasteiger partial charge in [-0.15, -0.1) is 0 Å². The van der Waals surface area contributed by atoms with Crippen molar-refractivity contribution >= 4 is 0 Å². The first-order valence-corrected chi connectivity index (χ1v) is 5.82. The van der Waals surface area contributed by atoms with Crippen LogP contribution in [-0.4, -0.2) is 47.6 Å². The third kappa shape index (κ3) is 3.07. The Bertz CT molecular complexity index is 538. The molecule has 0 N–H and O–H groups in total. The van der Waals surface area contributed by atoms with Crippen LogP contribution in [0.15, 0.2) is 0 Å². The maximum atomic E-state index is 13.0. The summed E-state index contributed by atoms with van der Waals surface area (Å²) in [6.07, 6.45) is -10.4. The molecule has 0 aromatic heterocycles. The molecule has 0 spiro atoms. The summed E-state index contributed by atoms with van der Waals surface area (Å²) in [5.74, 6) is -55.9. The zero-order valence-corrected chi connectivity index (χ0v) is 11.8. The van der Waals surface area contributed by atoms with Crippen molar-refractivity contribution in [3.05, 3.63) is 6.92 Å². The second-order valence-corrected chi connectivity index (χ2v) is 4.90. The van der Waals surface area contributed by atoms with Gasteiger partial charge in [-0.2, -0.15) is 74.6 Å². The van der Waals surface area contributed by atoms with Crippen molar-refractivity contribution in [3.8, 4) is 0 Å². The third-order valence-corrected chi connectivity index (χ3v) is 3.10. The van der Waals surface area contributed by atoms with Crippen LogP contribution in [-0.2, 0) is 0 Å². The lowest BCUT2D eigenvalue weighted by atomic mass is 9.88. The monoisotopic (exact) mass is 447 g/mol. The minimum Gasteiger partial charge on any atom is -0.200 e. The summed E-state index contributed by atoms with van der Waals surface area (Å²) in [7, 11) is 0. The molecule has 0 aliphatic carbocycles. The van der Waals surface area contributed by atoms with E-state index in [1.807, 2.05) is 6.92 Å². The van der Waals surface area contributed by atoms with E-state index < -0.39 is 54.1 Å². The lowest BCUT2D eigenvalue weighted by Crippen LogP contribution is -2.74. The SMILES string of the molecule is [CH2]CC(F)(F)C(F)(F)C(F)(F)C(F)(F)C(F)(F)C(F)(F)C(F)(F)C(F)(F)F. The topological polar surface area (TPSA) is 0 Å². The van der Waals surface area contributed by atoms with Gasteiger partial charge in [0.05, 0.1) is 0 Å². The minimum absolute atomic E-state index is 1.89. The Kier molecular flexibility index (Phi) is 5.88. The normalized spacial score (nSPS) is 16.7. The first kappa shape index (κ1) is 25.8. The van der Waals surface area contributed by atoms with Crippen molar-refractivity contribution in [1.29, 1.82) is 0 Å². The summed E-state index contributed by atoms with van der Waals surface area (Å²) in [4.78, 5) is 0. The van der Waals surface area contributed by atoms with Crippen LogP contribution in [0.4, 0.5) is 74.6 Å². The molecule has 0 amide bonds. The molecule has 0 aromatic carbocycles. The number of alkyl halides is 17. The van der Waals surface area contributed by atoms with Gasteiger partial charge in [0, 0.05) is 6.42 Å². The largest absolute Gasteiger partial charge is 0.460 e. The van der Waals surface area contributed by atoms with Crippen molar-refractivity contribution in [2.45, 2.75) is 54.1 Å². The molecule has 0 heterocycles. The lowest BCUT2D eigenvalue weighted by molar-refractivity contribution is -0.461. The predicted octanol–water partition coefficient (Wildman–Crippen LogP) is 6.22. The summed E-state index contributed by atoms with van der Waals surface area (Å²) < 4.78 is 215. The Hall–Kier alpha value is -1.19. The van der Waals surface area contributed by atoms with Gasteiger partial charge in [-0.1, -0.05) is 0 Å². The van der Waals surface area contributed by atoms with E-state index in [2.05, 4.69) is 0 Å². The van der Waals surface area contributed by atoms with Crippen LogP contribution in [0.25, 0.3) is 0 Å². The lowest BCUT2D eigenvalue weighted by Gasteiger charge is -2.42. The highest BCUT2D eigenvalue weighted by Crippen LogP contribution is 2.64. The predicted molar refractivity (Wildman–Crippen MR) is 50.7 cm³/mol. The molecule has 0 saturated heterocycles. The van der Waals surface area contributed by atoms with Crippen LogP contribution >= 0.6 is 0 Å². The van der Waals surface area contributed by atoms with Crippen LogP contribution in [0, 0.1) is 6.92 Å². The van der Waals surface area contributed by atoms with Crippen LogP contribution in [0.5, 0.6) is 0 Å². The maximum absolute atomic E-state index is 13.0.